The Kier molecular flexibility index (Phi) is 4.67. The fraction of sp³-hybridized carbons (Fsp3) is 0.136. The second-order valence-electron chi connectivity index (χ2n) is 6.34. The van der Waals surface area contributed by atoms with Gasteiger partial charge in [-0.2, -0.15) is 0 Å². The molecular formula is C22H22N3S+. The van der Waals surface area contributed by atoms with E-state index in [-0.39, 0.29) is 6.04 Å². The molecule has 2 heterocycles. The summed E-state index contributed by atoms with van der Waals surface area (Å²) < 4.78 is 0. The van der Waals surface area contributed by atoms with Gasteiger partial charge in [0.05, 0.1) is 6.20 Å². The molecule has 130 valence electrons. The van der Waals surface area contributed by atoms with Crippen LogP contribution in [0.3, 0.4) is 0 Å². The third-order valence-corrected chi connectivity index (χ3v) is 5.43. The normalized spacial score (nSPS) is 12.2. The van der Waals surface area contributed by atoms with Gasteiger partial charge in [-0.05, 0) is 37.4 Å². The maximum absolute atomic E-state index is 3.69. The summed E-state index contributed by atoms with van der Waals surface area (Å²) in [6.07, 6.45) is 4.05. The molecule has 3 N–H and O–H groups in total. The summed E-state index contributed by atoms with van der Waals surface area (Å²) in [7, 11) is 0. The highest BCUT2D eigenvalue weighted by Gasteiger charge is 2.25. The topological polar surface area (TPSA) is 42.0 Å². The van der Waals surface area contributed by atoms with Gasteiger partial charge >= 0.3 is 0 Å². The molecular weight excluding hydrogens is 338 g/mol. The van der Waals surface area contributed by atoms with Crippen molar-refractivity contribution in [2.45, 2.75) is 17.9 Å². The summed E-state index contributed by atoms with van der Waals surface area (Å²) in [4.78, 5) is 8.10. The Bertz CT molecular complexity index is 1010. The van der Waals surface area contributed by atoms with E-state index in [0.717, 1.165) is 5.82 Å². The lowest BCUT2D eigenvalue weighted by Crippen LogP contribution is -2.19. The van der Waals surface area contributed by atoms with Crippen molar-refractivity contribution in [2.75, 3.05) is 11.6 Å². The minimum absolute atomic E-state index is 0.0562. The predicted octanol–water partition coefficient (Wildman–Crippen LogP) is 5.21. The number of para-hydroxylation sites is 1. The molecule has 0 aliphatic carbocycles. The number of aromatic amines is 2. The van der Waals surface area contributed by atoms with E-state index in [0.29, 0.717) is 0 Å². The molecule has 26 heavy (non-hydrogen) atoms. The Labute approximate surface area is 157 Å². The molecule has 0 aliphatic heterocycles. The van der Waals surface area contributed by atoms with E-state index < -0.39 is 0 Å². The van der Waals surface area contributed by atoms with Crippen molar-refractivity contribution in [3.05, 3.63) is 89.7 Å². The maximum Gasteiger partial charge on any atom is 0.272 e. The summed E-state index contributed by atoms with van der Waals surface area (Å²) in [5.74, 6) is 0.996. The standard InChI is InChI=1S/C22H21N3S/c1-15-21(18-7-3-4-8-19(18)24-15)22(25-20-9-5-6-14-23-20)16-10-12-17(26-2)13-11-16/h3-14,22,24H,1-2H3,(H,23,25)/p+1/t22-/m0/s1. The first-order valence-electron chi connectivity index (χ1n) is 8.70. The van der Waals surface area contributed by atoms with Gasteiger partial charge < -0.3 is 4.98 Å². The predicted molar refractivity (Wildman–Crippen MR) is 110 cm³/mol. The Morgan fingerprint density at radius 3 is 2.46 bits per heavy atom. The average molecular weight is 361 g/mol. The number of hydrogen-bond acceptors (Lipinski definition) is 2. The van der Waals surface area contributed by atoms with E-state index in [9.17, 15) is 0 Å². The van der Waals surface area contributed by atoms with Gasteiger partial charge in [-0.3, -0.25) is 5.32 Å². The summed E-state index contributed by atoms with van der Waals surface area (Å²) in [5, 5.41) is 4.94. The third-order valence-electron chi connectivity index (χ3n) is 4.69. The van der Waals surface area contributed by atoms with Crippen LogP contribution in [0.4, 0.5) is 5.82 Å². The quantitative estimate of drug-likeness (QED) is 0.480. The molecule has 1 atom stereocenters. The number of aromatic nitrogens is 2. The van der Waals surface area contributed by atoms with Crippen molar-refractivity contribution in [3.63, 3.8) is 0 Å². The lowest BCUT2D eigenvalue weighted by Gasteiger charge is -2.16. The molecule has 0 aliphatic rings. The van der Waals surface area contributed by atoms with Crippen molar-refractivity contribution in [1.82, 2.24) is 4.98 Å². The molecule has 4 aromatic rings. The highest BCUT2D eigenvalue weighted by molar-refractivity contribution is 7.98. The number of hydrogen-bond donors (Lipinski definition) is 2. The second kappa shape index (κ2) is 7.26. The monoisotopic (exact) mass is 360 g/mol. The number of fused-ring (bicyclic) bond motifs is 1. The minimum Gasteiger partial charge on any atom is -0.358 e. The van der Waals surface area contributed by atoms with Crippen LogP contribution in [-0.4, -0.2) is 11.2 Å². The highest BCUT2D eigenvalue weighted by atomic mass is 32.2. The Morgan fingerprint density at radius 1 is 0.962 bits per heavy atom. The van der Waals surface area contributed by atoms with Gasteiger partial charge in [0.15, 0.2) is 0 Å². The minimum atomic E-state index is 0.0562. The molecule has 0 bridgehead atoms. The number of H-pyrrole nitrogens is 2. The van der Waals surface area contributed by atoms with E-state index in [1.807, 2.05) is 18.3 Å². The molecule has 0 unspecified atom stereocenters. The molecule has 0 fully saturated rings. The molecule has 0 radical (unpaired) electrons. The number of thioether (sulfide) groups is 1. The van der Waals surface area contributed by atoms with Gasteiger partial charge in [0, 0.05) is 38.7 Å². The van der Waals surface area contributed by atoms with Crippen LogP contribution >= 0.6 is 11.8 Å². The molecule has 0 spiro atoms. The van der Waals surface area contributed by atoms with Gasteiger partial charge in [0.2, 0.25) is 0 Å². The fourth-order valence-electron chi connectivity index (χ4n) is 3.43. The maximum atomic E-state index is 3.69. The van der Waals surface area contributed by atoms with Gasteiger partial charge in [-0.15, -0.1) is 11.8 Å². The van der Waals surface area contributed by atoms with Crippen LogP contribution in [0.15, 0.2) is 77.8 Å². The number of pyridine rings is 1. The van der Waals surface area contributed by atoms with E-state index in [4.69, 9.17) is 0 Å². The lowest BCUT2D eigenvalue weighted by molar-refractivity contribution is -0.361. The zero-order valence-electron chi connectivity index (χ0n) is 14.9. The smallest absolute Gasteiger partial charge is 0.272 e. The first-order chi connectivity index (χ1) is 12.8. The van der Waals surface area contributed by atoms with E-state index in [2.05, 4.69) is 83.1 Å². The molecule has 2 aromatic carbocycles. The van der Waals surface area contributed by atoms with Gasteiger partial charge in [-0.1, -0.05) is 36.4 Å². The molecule has 3 nitrogen and oxygen atoms in total. The van der Waals surface area contributed by atoms with Gasteiger partial charge in [0.1, 0.15) is 6.04 Å². The number of nitrogens with one attached hydrogen (secondary N) is 3. The van der Waals surface area contributed by atoms with Crippen LogP contribution in [0, 0.1) is 6.92 Å². The Morgan fingerprint density at radius 2 is 1.73 bits per heavy atom. The summed E-state index contributed by atoms with van der Waals surface area (Å²) >= 11 is 1.76. The highest BCUT2D eigenvalue weighted by Crippen LogP contribution is 2.34. The zero-order valence-corrected chi connectivity index (χ0v) is 15.7. The number of aryl methyl sites for hydroxylation is 1. The third kappa shape index (κ3) is 3.20. The van der Waals surface area contributed by atoms with E-state index >= 15 is 0 Å². The van der Waals surface area contributed by atoms with E-state index in [1.54, 1.807) is 11.8 Å². The molecule has 0 saturated carbocycles. The van der Waals surface area contributed by atoms with Crippen molar-refractivity contribution in [2.24, 2.45) is 0 Å². The number of anilines is 1. The van der Waals surface area contributed by atoms with Crippen molar-refractivity contribution >= 4 is 28.5 Å². The van der Waals surface area contributed by atoms with Crippen LogP contribution < -0.4 is 10.3 Å². The Hall–Kier alpha value is -2.72. The zero-order chi connectivity index (χ0) is 17.9. The van der Waals surface area contributed by atoms with Crippen molar-refractivity contribution in [1.29, 1.82) is 0 Å². The van der Waals surface area contributed by atoms with Crippen LogP contribution in [0.25, 0.3) is 10.9 Å². The van der Waals surface area contributed by atoms with Crippen LogP contribution in [0.5, 0.6) is 0 Å². The summed E-state index contributed by atoms with van der Waals surface area (Å²) in [5.41, 5.74) is 4.89. The summed E-state index contributed by atoms with van der Waals surface area (Å²) in [6, 6.07) is 23.4. The van der Waals surface area contributed by atoms with Gasteiger partial charge in [-0.25, -0.2) is 4.98 Å². The first kappa shape index (κ1) is 16.7. The van der Waals surface area contributed by atoms with Crippen LogP contribution in [-0.2, 0) is 0 Å². The lowest BCUT2D eigenvalue weighted by atomic mass is 9.96. The average Bonchev–Trinajstić information content (AvgIpc) is 3.03. The molecule has 4 rings (SSSR count). The summed E-state index contributed by atoms with van der Waals surface area (Å²) in [6.45, 7) is 2.15. The molecule has 0 amide bonds. The molecule has 2 aromatic heterocycles. The van der Waals surface area contributed by atoms with Crippen molar-refractivity contribution in [3.8, 4) is 0 Å². The van der Waals surface area contributed by atoms with Crippen molar-refractivity contribution < 1.29 is 4.98 Å². The van der Waals surface area contributed by atoms with Gasteiger partial charge in [0.25, 0.3) is 5.82 Å². The van der Waals surface area contributed by atoms with Crippen LogP contribution in [0.1, 0.15) is 22.9 Å². The first-order valence-corrected chi connectivity index (χ1v) is 9.93. The largest absolute Gasteiger partial charge is 0.358 e. The number of benzene rings is 2. The SMILES string of the molecule is CSc1ccc([C@H](Nc2cccc[nH+]2)c2c(C)[nH]c3ccccc23)cc1. The second-order valence-corrected chi connectivity index (χ2v) is 7.22. The number of rotatable bonds is 5. The Balaban J connectivity index is 1.85. The van der Waals surface area contributed by atoms with Crippen LogP contribution in [0.2, 0.25) is 0 Å². The molecule has 4 heteroatoms. The van der Waals surface area contributed by atoms with E-state index in [1.165, 1.54) is 32.6 Å². The molecule has 0 saturated heterocycles. The fourth-order valence-corrected chi connectivity index (χ4v) is 3.84.